The normalized spacial score (nSPS) is 22.9. The van der Waals surface area contributed by atoms with E-state index in [-0.39, 0.29) is 17.7 Å². The number of hydrogen-bond acceptors (Lipinski definition) is 7. The quantitative estimate of drug-likeness (QED) is 0.353. The lowest BCUT2D eigenvalue weighted by Gasteiger charge is -2.43. The number of rotatable bonds is 10. The molecule has 1 aliphatic heterocycles. The fourth-order valence-electron chi connectivity index (χ4n) is 5.52. The van der Waals surface area contributed by atoms with Crippen LogP contribution in [0.1, 0.15) is 46.4 Å². The number of aromatic amines is 1. The number of nitrogens with one attached hydrogen (secondary N) is 1. The Labute approximate surface area is 242 Å². The Morgan fingerprint density at radius 2 is 1.56 bits per heavy atom. The molecule has 10 heteroatoms. The van der Waals surface area contributed by atoms with Gasteiger partial charge >= 0.3 is 5.69 Å². The van der Waals surface area contributed by atoms with Gasteiger partial charge in [0, 0.05) is 18.9 Å². The minimum absolute atomic E-state index is 0.0656. The summed E-state index contributed by atoms with van der Waals surface area (Å²) in [5.74, 6) is 0. The smallest absolute Gasteiger partial charge is 0.330 e. The highest BCUT2D eigenvalue weighted by Crippen LogP contribution is 2.38. The molecule has 1 saturated heterocycles. The van der Waals surface area contributed by atoms with E-state index in [4.69, 9.17) is 18.6 Å². The van der Waals surface area contributed by atoms with Crippen molar-refractivity contribution in [3.05, 3.63) is 93.3 Å². The Balaban J connectivity index is 1.73. The van der Waals surface area contributed by atoms with Crippen molar-refractivity contribution < 1.29 is 23.7 Å². The van der Waals surface area contributed by atoms with Gasteiger partial charge < -0.3 is 23.7 Å². The molecule has 2 N–H and O–H groups in total. The van der Waals surface area contributed by atoms with Crippen molar-refractivity contribution in [1.29, 1.82) is 0 Å². The lowest BCUT2D eigenvalue weighted by Crippen LogP contribution is -2.67. The second-order valence-corrected chi connectivity index (χ2v) is 16.1. The van der Waals surface area contributed by atoms with E-state index in [0.29, 0.717) is 5.56 Å². The zero-order valence-corrected chi connectivity index (χ0v) is 25.9. The Kier molecular flexibility index (Phi) is 9.52. The topological polar surface area (TPSA) is 112 Å². The molecular weight excluding hydrogens is 540 g/mol. The van der Waals surface area contributed by atoms with Crippen molar-refractivity contribution >= 4 is 18.7 Å². The second kappa shape index (κ2) is 12.6. The molecule has 0 amide bonds. The molecule has 0 spiro atoms. The maximum absolute atomic E-state index is 12.9. The van der Waals surface area contributed by atoms with Crippen molar-refractivity contribution in [2.24, 2.45) is 0 Å². The van der Waals surface area contributed by atoms with E-state index in [1.165, 1.54) is 10.8 Å². The summed E-state index contributed by atoms with van der Waals surface area (Å²) in [6.07, 6.45) is -3.10. The van der Waals surface area contributed by atoms with Gasteiger partial charge in [0.2, 0.25) is 0 Å². The molecule has 0 radical (unpaired) electrons. The number of methoxy groups -OCH3 is 1. The van der Waals surface area contributed by atoms with Gasteiger partial charge in [-0.3, -0.25) is 14.3 Å². The molecule has 9 nitrogen and oxygen atoms in total. The van der Waals surface area contributed by atoms with Crippen LogP contribution in [0, 0.1) is 6.92 Å². The van der Waals surface area contributed by atoms with Gasteiger partial charge in [-0.25, -0.2) is 4.79 Å². The van der Waals surface area contributed by atoms with Gasteiger partial charge in [-0.05, 0) is 36.2 Å². The van der Waals surface area contributed by atoms with Crippen molar-refractivity contribution in [3.63, 3.8) is 0 Å². The molecule has 4 rings (SSSR count). The summed E-state index contributed by atoms with van der Waals surface area (Å²) in [7, 11) is -1.34. The van der Waals surface area contributed by atoms with Crippen molar-refractivity contribution in [2.75, 3.05) is 13.7 Å². The average molecular weight is 583 g/mol. The number of aryl methyl sites for hydroxylation is 1. The first-order valence-electron chi connectivity index (χ1n) is 14.0. The van der Waals surface area contributed by atoms with E-state index in [0.717, 1.165) is 10.4 Å². The maximum Gasteiger partial charge on any atom is 0.330 e. The number of aromatic nitrogens is 2. The fraction of sp³-hybridized carbons (Fsp3) is 0.484. The van der Waals surface area contributed by atoms with Crippen molar-refractivity contribution in [2.45, 2.75) is 83.3 Å². The molecule has 41 heavy (non-hydrogen) atoms. The molecule has 1 fully saturated rings. The molecule has 222 valence electrons. The number of benzene rings is 2. The molecule has 3 aromatic rings. The summed E-state index contributed by atoms with van der Waals surface area (Å²) in [6.45, 7) is 11.9. The first kappa shape index (κ1) is 31.1. The van der Waals surface area contributed by atoms with E-state index in [1.54, 1.807) is 14.0 Å². The van der Waals surface area contributed by atoms with Crippen LogP contribution in [0.3, 0.4) is 0 Å². The first-order valence-corrected chi connectivity index (χ1v) is 15.9. The summed E-state index contributed by atoms with van der Waals surface area (Å²) in [5, 5.41) is 13.5. The van der Waals surface area contributed by atoms with Crippen LogP contribution in [0.2, 0.25) is 5.04 Å². The molecular formula is C31H42N2O7Si. The zero-order chi connectivity index (χ0) is 29.9. The van der Waals surface area contributed by atoms with Gasteiger partial charge in [-0.2, -0.15) is 0 Å². The van der Waals surface area contributed by atoms with Gasteiger partial charge in [0.05, 0.1) is 18.8 Å². The minimum atomic E-state index is -2.92. The lowest BCUT2D eigenvalue weighted by molar-refractivity contribution is -0.130. The van der Waals surface area contributed by atoms with E-state index in [1.807, 2.05) is 50.2 Å². The molecule has 2 heterocycles. The first-order chi connectivity index (χ1) is 19.4. The molecule has 1 aromatic heterocycles. The van der Waals surface area contributed by atoms with Crippen LogP contribution in [-0.4, -0.2) is 67.2 Å². The summed E-state index contributed by atoms with van der Waals surface area (Å²) in [5.41, 5.74) is -0.783. The number of aliphatic hydroxyl groups excluding tert-OH is 1. The Morgan fingerprint density at radius 3 is 2.07 bits per heavy atom. The number of nitrogens with zero attached hydrogens (tertiary/aromatic N) is 1. The van der Waals surface area contributed by atoms with Crippen LogP contribution in [0.4, 0.5) is 0 Å². The third kappa shape index (κ3) is 6.18. The largest absolute Gasteiger partial charge is 0.405 e. The molecule has 6 atom stereocenters. The molecule has 1 aliphatic rings. The summed E-state index contributed by atoms with van der Waals surface area (Å²) in [6, 6.07) is 20.4. The molecule has 0 bridgehead atoms. The van der Waals surface area contributed by atoms with E-state index in [2.05, 4.69) is 50.0 Å². The number of hydrogen-bond donors (Lipinski definition) is 2. The number of ether oxygens (including phenoxy) is 3. The van der Waals surface area contributed by atoms with E-state index >= 15 is 0 Å². The standard InChI is InChI=1S/C31H42N2O7Si/c1-20-18-33(30(36)32-28(20)35)29-27(39-22(3)21(2)37-7)26(34)25(40-29)19-38-41(31(4,5)6,23-14-10-8-11-15-23)24-16-12-9-13-17-24/h8-18,21-22,25-27,29,34H,19H2,1-7H3,(H,32,35,36)/t21-,22+,25+,26?,27?,29+/m0/s1. The predicted molar refractivity (Wildman–Crippen MR) is 160 cm³/mol. The number of aliphatic hydroxyl groups is 1. The van der Waals surface area contributed by atoms with Gasteiger partial charge in [0.15, 0.2) is 6.23 Å². The maximum atomic E-state index is 12.9. The van der Waals surface area contributed by atoms with Crippen LogP contribution in [0.25, 0.3) is 0 Å². The van der Waals surface area contributed by atoms with E-state index < -0.39 is 50.2 Å². The molecule has 2 aromatic carbocycles. The lowest BCUT2D eigenvalue weighted by atomic mass is 10.1. The minimum Gasteiger partial charge on any atom is -0.405 e. The van der Waals surface area contributed by atoms with Crippen LogP contribution in [0.15, 0.2) is 76.4 Å². The van der Waals surface area contributed by atoms with Crippen molar-refractivity contribution in [3.8, 4) is 0 Å². The third-order valence-electron chi connectivity index (χ3n) is 8.02. The van der Waals surface area contributed by atoms with Crippen molar-refractivity contribution in [1.82, 2.24) is 9.55 Å². The highest BCUT2D eigenvalue weighted by atomic mass is 28.4. The van der Waals surface area contributed by atoms with E-state index in [9.17, 15) is 14.7 Å². The third-order valence-corrected chi connectivity index (χ3v) is 13.0. The second-order valence-electron chi connectivity index (χ2n) is 11.8. The summed E-state index contributed by atoms with van der Waals surface area (Å²) >= 11 is 0. The zero-order valence-electron chi connectivity index (χ0n) is 24.9. The van der Waals surface area contributed by atoms with Crippen LogP contribution in [0.5, 0.6) is 0 Å². The highest BCUT2D eigenvalue weighted by Gasteiger charge is 2.53. The van der Waals surface area contributed by atoms with Gasteiger partial charge in [-0.1, -0.05) is 81.4 Å². The summed E-state index contributed by atoms with van der Waals surface area (Å²) < 4.78 is 26.4. The Hall–Kier alpha value is -2.86. The highest BCUT2D eigenvalue weighted by molar-refractivity contribution is 6.99. The van der Waals surface area contributed by atoms with Crippen LogP contribution < -0.4 is 21.6 Å². The molecule has 0 saturated carbocycles. The van der Waals surface area contributed by atoms with Gasteiger partial charge in [0.1, 0.15) is 18.3 Å². The van der Waals surface area contributed by atoms with Gasteiger partial charge in [0.25, 0.3) is 13.9 Å². The SMILES string of the molecule is CO[C@@H](C)[C@@H](C)OC1C(O)[C@@H](CO[Si](c2ccccc2)(c2ccccc2)C(C)(C)C)O[C@H]1n1cc(C)c(=O)[nH]c1=O. The van der Waals surface area contributed by atoms with Gasteiger partial charge in [-0.15, -0.1) is 0 Å². The van der Waals surface area contributed by atoms with Crippen LogP contribution >= 0.6 is 0 Å². The van der Waals surface area contributed by atoms with Crippen LogP contribution in [-0.2, 0) is 18.6 Å². The monoisotopic (exact) mass is 582 g/mol. The predicted octanol–water partition coefficient (Wildman–Crippen LogP) is 2.49. The number of H-pyrrole nitrogens is 1. The molecule has 0 aliphatic carbocycles. The Bertz CT molecular complexity index is 1360. The fourth-order valence-corrected chi connectivity index (χ4v) is 10.1. The summed E-state index contributed by atoms with van der Waals surface area (Å²) in [4.78, 5) is 27.3. The Morgan fingerprint density at radius 1 is 1.00 bits per heavy atom. The average Bonchev–Trinajstić information content (AvgIpc) is 3.25. The molecule has 2 unspecified atom stereocenters.